The van der Waals surface area contributed by atoms with E-state index in [0.717, 1.165) is 20.9 Å². The quantitative estimate of drug-likeness (QED) is 0.583. The van der Waals surface area contributed by atoms with E-state index in [4.69, 9.17) is 0 Å². The van der Waals surface area contributed by atoms with Gasteiger partial charge in [0.1, 0.15) is 11.6 Å². The van der Waals surface area contributed by atoms with Gasteiger partial charge in [-0.3, -0.25) is 4.79 Å². The van der Waals surface area contributed by atoms with Crippen molar-refractivity contribution < 1.29 is 4.79 Å². The lowest BCUT2D eigenvalue weighted by Crippen LogP contribution is -2.25. The lowest BCUT2D eigenvalue weighted by Gasteiger charge is -2.22. The highest BCUT2D eigenvalue weighted by atomic mass is 32.2. The first-order valence-electron chi connectivity index (χ1n) is 6.84. The number of benzene rings is 2. The van der Waals surface area contributed by atoms with Crippen molar-refractivity contribution in [3.63, 3.8) is 0 Å². The Morgan fingerprint density at radius 1 is 1.09 bits per heavy atom. The molecule has 1 aliphatic heterocycles. The van der Waals surface area contributed by atoms with Crippen LogP contribution in [0.1, 0.15) is 11.1 Å². The van der Waals surface area contributed by atoms with Crippen LogP contribution in [0.2, 0.25) is 0 Å². The molecule has 1 N–H and O–H groups in total. The van der Waals surface area contributed by atoms with E-state index in [1.165, 1.54) is 0 Å². The summed E-state index contributed by atoms with van der Waals surface area (Å²) in [6.45, 7) is 3.85. The predicted octanol–water partition coefficient (Wildman–Crippen LogP) is 3.43. The van der Waals surface area contributed by atoms with Gasteiger partial charge in [0.05, 0.1) is 0 Å². The summed E-state index contributed by atoms with van der Waals surface area (Å²) in [6.07, 6.45) is 0. The van der Waals surface area contributed by atoms with Crippen LogP contribution >= 0.6 is 11.8 Å². The normalized spacial score (nSPS) is 11.9. The van der Waals surface area contributed by atoms with Crippen LogP contribution in [-0.4, -0.2) is 12.5 Å². The van der Waals surface area contributed by atoms with E-state index < -0.39 is 0 Å². The first-order valence-corrected chi connectivity index (χ1v) is 7.66. The highest BCUT2D eigenvalue weighted by Gasteiger charge is 2.26. The van der Waals surface area contributed by atoms with Crippen LogP contribution in [0.4, 0.5) is 0 Å². The van der Waals surface area contributed by atoms with Crippen molar-refractivity contribution >= 4 is 23.2 Å². The van der Waals surface area contributed by atoms with Gasteiger partial charge >= 0.3 is 0 Å². The van der Waals surface area contributed by atoms with Gasteiger partial charge in [-0.25, -0.2) is 0 Å². The van der Waals surface area contributed by atoms with E-state index in [1.54, 1.807) is 11.8 Å². The fraction of sp³-hybridized carbons (Fsp3) is 0.0556. The van der Waals surface area contributed by atoms with Crippen molar-refractivity contribution in [1.82, 2.24) is 5.32 Å². The van der Waals surface area contributed by atoms with Gasteiger partial charge in [-0.1, -0.05) is 48.2 Å². The SMILES string of the molecule is [CH2]CNC(=O)C(C#N)=C1c2ccccc2Sc2ccccc21. The summed E-state index contributed by atoms with van der Waals surface area (Å²) in [4.78, 5) is 14.3. The molecule has 2 aromatic carbocycles. The zero-order valence-corrected chi connectivity index (χ0v) is 12.6. The Hall–Kier alpha value is -2.51. The molecule has 0 fully saturated rings. The number of carbonyl (C=O) groups excluding carboxylic acids is 1. The molecule has 4 heteroatoms. The van der Waals surface area contributed by atoms with Crippen LogP contribution in [0.15, 0.2) is 63.9 Å². The lowest BCUT2D eigenvalue weighted by molar-refractivity contribution is -0.116. The number of hydrogen-bond acceptors (Lipinski definition) is 3. The van der Waals surface area contributed by atoms with E-state index in [1.807, 2.05) is 48.5 Å². The number of hydrogen-bond donors (Lipinski definition) is 1. The Morgan fingerprint density at radius 3 is 2.14 bits per heavy atom. The van der Waals surface area contributed by atoms with Gasteiger partial charge in [0.15, 0.2) is 0 Å². The van der Waals surface area contributed by atoms with Gasteiger partial charge in [0.25, 0.3) is 5.91 Å². The van der Waals surface area contributed by atoms with Crippen molar-refractivity contribution in [2.45, 2.75) is 9.79 Å². The van der Waals surface area contributed by atoms with Crippen LogP contribution in [0.25, 0.3) is 5.57 Å². The number of fused-ring (bicyclic) bond motifs is 2. The summed E-state index contributed by atoms with van der Waals surface area (Å²) in [5.74, 6) is -0.385. The number of nitrogens with zero attached hydrogens (tertiary/aromatic N) is 1. The third-order valence-electron chi connectivity index (χ3n) is 3.41. The summed E-state index contributed by atoms with van der Waals surface area (Å²) in [5, 5.41) is 12.1. The Bertz CT molecular complexity index is 770. The van der Waals surface area contributed by atoms with Gasteiger partial charge in [-0.2, -0.15) is 5.26 Å². The van der Waals surface area contributed by atoms with Crippen molar-refractivity contribution in [3.05, 3.63) is 72.2 Å². The molecule has 3 rings (SSSR count). The van der Waals surface area contributed by atoms with Gasteiger partial charge in [-0.05, 0) is 30.2 Å². The molecular formula is C18H13N2OS. The molecule has 0 bridgehead atoms. The second kappa shape index (κ2) is 6.08. The Balaban J connectivity index is 2.31. The molecule has 0 aliphatic carbocycles. The summed E-state index contributed by atoms with van der Waals surface area (Å²) in [7, 11) is 0. The first-order chi connectivity index (χ1) is 10.8. The number of nitrogens with one attached hydrogen (secondary N) is 1. The predicted molar refractivity (Wildman–Crippen MR) is 87.0 cm³/mol. The van der Waals surface area contributed by atoms with Gasteiger partial charge < -0.3 is 5.32 Å². The van der Waals surface area contributed by atoms with E-state index in [2.05, 4.69) is 18.3 Å². The first kappa shape index (κ1) is 14.4. The molecule has 107 valence electrons. The minimum Gasteiger partial charge on any atom is -0.351 e. The fourth-order valence-corrected chi connectivity index (χ4v) is 3.57. The van der Waals surface area contributed by atoms with Crippen LogP contribution in [0.3, 0.4) is 0 Å². The van der Waals surface area contributed by atoms with Crippen molar-refractivity contribution in [2.24, 2.45) is 0 Å². The van der Waals surface area contributed by atoms with E-state index in [-0.39, 0.29) is 18.0 Å². The second-order valence-corrected chi connectivity index (χ2v) is 5.80. The van der Waals surface area contributed by atoms with Crippen LogP contribution in [-0.2, 0) is 4.79 Å². The van der Waals surface area contributed by atoms with Crippen LogP contribution in [0, 0.1) is 18.3 Å². The maximum atomic E-state index is 12.3. The maximum absolute atomic E-state index is 12.3. The molecule has 0 unspecified atom stereocenters. The molecule has 1 amide bonds. The van der Waals surface area contributed by atoms with Gasteiger partial charge in [-0.15, -0.1) is 0 Å². The number of carbonyl (C=O) groups is 1. The third-order valence-corrected chi connectivity index (χ3v) is 4.56. The summed E-state index contributed by atoms with van der Waals surface area (Å²) >= 11 is 1.65. The lowest BCUT2D eigenvalue weighted by atomic mass is 9.92. The fourth-order valence-electron chi connectivity index (χ4n) is 2.48. The monoisotopic (exact) mass is 305 g/mol. The Kier molecular flexibility index (Phi) is 3.99. The zero-order valence-electron chi connectivity index (χ0n) is 11.8. The smallest absolute Gasteiger partial charge is 0.262 e. The van der Waals surface area contributed by atoms with Gasteiger partial charge in [0.2, 0.25) is 0 Å². The molecule has 3 nitrogen and oxygen atoms in total. The standard InChI is InChI=1S/C18H13N2OS/c1-2-20-18(21)14(11-19)17-12-7-3-5-9-15(12)22-16-10-6-4-8-13(16)17/h3-10H,1-2H2,(H,20,21). The van der Waals surface area contributed by atoms with Crippen LogP contribution < -0.4 is 5.32 Å². The maximum Gasteiger partial charge on any atom is 0.262 e. The van der Waals surface area contributed by atoms with E-state index >= 15 is 0 Å². The molecule has 0 aromatic heterocycles. The minimum absolute atomic E-state index is 0.129. The molecule has 0 spiro atoms. The number of nitriles is 1. The van der Waals surface area contributed by atoms with Crippen molar-refractivity contribution in [1.29, 1.82) is 5.26 Å². The van der Waals surface area contributed by atoms with Gasteiger partial charge in [0, 0.05) is 21.9 Å². The molecule has 0 atom stereocenters. The van der Waals surface area contributed by atoms with E-state index in [0.29, 0.717) is 5.57 Å². The molecule has 1 aliphatic rings. The highest BCUT2D eigenvalue weighted by Crippen LogP contribution is 2.46. The molecule has 0 saturated carbocycles. The van der Waals surface area contributed by atoms with E-state index in [9.17, 15) is 10.1 Å². The average Bonchev–Trinajstić information content (AvgIpc) is 2.55. The largest absolute Gasteiger partial charge is 0.351 e. The Labute approximate surface area is 133 Å². The third kappa shape index (κ3) is 2.40. The molecule has 2 aromatic rings. The summed E-state index contributed by atoms with van der Waals surface area (Å²) < 4.78 is 0. The minimum atomic E-state index is -0.385. The summed E-state index contributed by atoms with van der Waals surface area (Å²) in [6, 6.07) is 17.7. The molecule has 0 saturated heterocycles. The van der Waals surface area contributed by atoms with Crippen LogP contribution in [0.5, 0.6) is 0 Å². The average molecular weight is 305 g/mol. The molecular weight excluding hydrogens is 292 g/mol. The Morgan fingerprint density at radius 2 is 1.64 bits per heavy atom. The molecule has 22 heavy (non-hydrogen) atoms. The summed E-state index contributed by atoms with van der Waals surface area (Å²) in [5.41, 5.74) is 2.66. The second-order valence-electron chi connectivity index (χ2n) is 4.71. The highest BCUT2D eigenvalue weighted by molar-refractivity contribution is 7.99. The molecule has 1 radical (unpaired) electrons. The zero-order chi connectivity index (χ0) is 15.5. The number of amides is 1. The topological polar surface area (TPSA) is 52.9 Å². The van der Waals surface area contributed by atoms with Crippen molar-refractivity contribution in [3.8, 4) is 6.07 Å². The molecule has 1 heterocycles. The van der Waals surface area contributed by atoms with Crippen molar-refractivity contribution in [2.75, 3.05) is 6.54 Å². The number of rotatable bonds is 2.